The number of carbonyl (C=O) groups is 2. The zero-order chi connectivity index (χ0) is 27.7. The molecule has 10 heteroatoms. The number of imide groups is 1. The zero-order valence-electron chi connectivity index (χ0n) is 21.0. The van der Waals surface area contributed by atoms with Crippen LogP contribution in [-0.4, -0.2) is 44.8 Å². The van der Waals surface area contributed by atoms with E-state index >= 15 is 0 Å². The predicted molar refractivity (Wildman–Crippen MR) is 142 cm³/mol. The van der Waals surface area contributed by atoms with Crippen LogP contribution in [0.1, 0.15) is 38.7 Å². The standard InChI is InChI=1S/C28H29ClN2O7/c1-15(10-17-7-8-20(33)13-23(17)29)6-9-24(34)25-16(2)11-21-26(22(25)14-32)28(36)30(27(21)35)18-4-3-5-19(12-18)31(37)38/h3-5,7-8,10,12-13,21-22,24,26,32-34H,6,9,11,14H2,1-2H3/b15-10+/t21-,22+,24-,26-/m1/s1. The monoisotopic (exact) mass is 540 g/mol. The number of carbonyl (C=O) groups excluding carboxylic acids is 2. The molecule has 4 atom stereocenters. The van der Waals surface area contributed by atoms with Crippen LogP contribution in [0.5, 0.6) is 5.75 Å². The number of nitro groups is 1. The molecule has 1 fully saturated rings. The van der Waals surface area contributed by atoms with Crippen molar-refractivity contribution in [2.75, 3.05) is 11.5 Å². The lowest BCUT2D eigenvalue weighted by molar-refractivity contribution is -0.384. The quantitative estimate of drug-likeness (QED) is 0.192. The van der Waals surface area contributed by atoms with Crippen molar-refractivity contribution in [2.24, 2.45) is 17.8 Å². The molecule has 0 saturated carbocycles. The number of hydrogen-bond donors (Lipinski definition) is 3. The van der Waals surface area contributed by atoms with Crippen molar-refractivity contribution < 1.29 is 29.8 Å². The molecule has 0 unspecified atom stereocenters. The van der Waals surface area contributed by atoms with E-state index in [0.717, 1.165) is 21.6 Å². The van der Waals surface area contributed by atoms with Crippen LogP contribution in [0, 0.1) is 27.9 Å². The highest BCUT2D eigenvalue weighted by atomic mass is 35.5. The largest absolute Gasteiger partial charge is 0.508 e. The molecule has 2 aromatic carbocycles. The van der Waals surface area contributed by atoms with Crippen LogP contribution >= 0.6 is 11.6 Å². The smallest absolute Gasteiger partial charge is 0.271 e. The van der Waals surface area contributed by atoms with Gasteiger partial charge in [0, 0.05) is 18.1 Å². The number of phenolic OH excluding ortho intramolecular Hbond substituents is 1. The molecule has 3 N–H and O–H groups in total. The van der Waals surface area contributed by atoms with Crippen molar-refractivity contribution in [3.8, 4) is 5.75 Å². The van der Waals surface area contributed by atoms with Gasteiger partial charge >= 0.3 is 0 Å². The molecule has 200 valence electrons. The Labute approximate surface area is 224 Å². The number of fused-ring (bicyclic) bond motifs is 1. The molecule has 2 amide bonds. The molecule has 1 aliphatic carbocycles. The Bertz CT molecular complexity index is 1350. The Kier molecular flexibility index (Phi) is 8.01. The number of aliphatic hydroxyl groups is 2. The Hall–Kier alpha value is -3.53. The number of aliphatic hydroxyl groups excluding tert-OH is 2. The Morgan fingerprint density at radius 1 is 1.24 bits per heavy atom. The average Bonchev–Trinajstić information content (AvgIpc) is 3.12. The van der Waals surface area contributed by atoms with Crippen LogP contribution < -0.4 is 4.90 Å². The third-order valence-corrected chi connectivity index (χ3v) is 7.71. The summed E-state index contributed by atoms with van der Waals surface area (Å²) in [6.45, 7) is 3.27. The van der Waals surface area contributed by atoms with Gasteiger partial charge in [-0.25, -0.2) is 4.90 Å². The van der Waals surface area contributed by atoms with E-state index in [1.165, 1.54) is 36.4 Å². The van der Waals surface area contributed by atoms with Crippen molar-refractivity contribution in [3.63, 3.8) is 0 Å². The van der Waals surface area contributed by atoms with Gasteiger partial charge in [0.1, 0.15) is 5.75 Å². The Balaban J connectivity index is 1.54. The van der Waals surface area contributed by atoms with Gasteiger partial charge in [0.25, 0.3) is 5.69 Å². The summed E-state index contributed by atoms with van der Waals surface area (Å²) in [6.07, 6.45) is 2.01. The summed E-state index contributed by atoms with van der Waals surface area (Å²) < 4.78 is 0. The van der Waals surface area contributed by atoms with Crippen molar-refractivity contribution >= 4 is 40.9 Å². The molecule has 38 heavy (non-hydrogen) atoms. The maximum absolute atomic E-state index is 13.5. The summed E-state index contributed by atoms with van der Waals surface area (Å²) in [5.74, 6) is -3.26. The molecule has 0 spiro atoms. The van der Waals surface area contributed by atoms with Gasteiger partial charge in [-0.05, 0) is 68.5 Å². The van der Waals surface area contributed by atoms with Gasteiger partial charge in [-0.3, -0.25) is 19.7 Å². The summed E-state index contributed by atoms with van der Waals surface area (Å²) in [7, 11) is 0. The van der Waals surface area contributed by atoms with Gasteiger partial charge in [-0.15, -0.1) is 0 Å². The number of anilines is 1. The highest BCUT2D eigenvalue weighted by Crippen LogP contribution is 2.47. The van der Waals surface area contributed by atoms with Crippen molar-refractivity contribution in [2.45, 2.75) is 39.2 Å². The normalized spacial score (nSPS) is 22.6. The lowest BCUT2D eigenvalue weighted by Gasteiger charge is -2.35. The number of aromatic hydroxyl groups is 1. The second-order valence-electron chi connectivity index (χ2n) is 9.90. The molecule has 2 aromatic rings. The number of allylic oxidation sites excluding steroid dienone is 2. The number of phenols is 1. The minimum Gasteiger partial charge on any atom is -0.508 e. The first-order valence-corrected chi connectivity index (χ1v) is 12.7. The first-order chi connectivity index (χ1) is 18.0. The second-order valence-corrected chi connectivity index (χ2v) is 10.3. The SMILES string of the molecule is CC1=C([C@H](O)CC/C(C)=C/c2ccc(O)cc2Cl)[C@H](CO)[C@@H]2C(=O)N(c3cccc([N+](=O)[O-])c3)C(=O)[C@@H]2C1. The van der Waals surface area contributed by atoms with Gasteiger partial charge in [0.15, 0.2) is 0 Å². The molecule has 1 aliphatic heterocycles. The van der Waals surface area contributed by atoms with E-state index < -0.39 is 47.2 Å². The topological polar surface area (TPSA) is 141 Å². The molecule has 0 bridgehead atoms. The van der Waals surface area contributed by atoms with Crippen molar-refractivity contribution in [3.05, 3.63) is 79.9 Å². The number of nitro benzene ring substituents is 1. The molecule has 2 aliphatic rings. The molecule has 0 radical (unpaired) electrons. The van der Waals surface area contributed by atoms with E-state index in [-0.39, 0.29) is 23.5 Å². The van der Waals surface area contributed by atoms with Gasteiger partial charge in [-0.1, -0.05) is 34.9 Å². The van der Waals surface area contributed by atoms with Crippen LogP contribution in [0.2, 0.25) is 5.02 Å². The fraction of sp³-hybridized carbons (Fsp3) is 0.357. The van der Waals surface area contributed by atoms with Crippen LogP contribution in [-0.2, 0) is 9.59 Å². The fourth-order valence-corrected chi connectivity index (χ4v) is 5.84. The zero-order valence-corrected chi connectivity index (χ0v) is 21.8. The summed E-state index contributed by atoms with van der Waals surface area (Å²) in [4.78, 5) is 38.4. The van der Waals surface area contributed by atoms with Crippen molar-refractivity contribution in [1.29, 1.82) is 0 Å². The summed E-state index contributed by atoms with van der Waals surface area (Å²) >= 11 is 6.19. The molecule has 1 saturated heterocycles. The van der Waals surface area contributed by atoms with Crippen LogP contribution in [0.3, 0.4) is 0 Å². The summed E-state index contributed by atoms with van der Waals surface area (Å²) in [6, 6.07) is 10.0. The lowest BCUT2D eigenvalue weighted by Crippen LogP contribution is -2.38. The van der Waals surface area contributed by atoms with Gasteiger partial charge in [-0.2, -0.15) is 0 Å². The van der Waals surface area contributed by atoms with Crippen LogP contribution in [0.15, 0.2) is 59.2 Å². The summed E-state index contributed by atoms with van der Waals surface area (Å²) in [5.41, 5.74) is 2.87. The van der Waals surface area contributed by atoms with Gasteiger partial charge < -0.3 is 15.3 Å². The number of benzene rings is 2. The Morgan fingerprint density at radius 2 is 1.97 bits per heavy atom. The van der Waals surface area contributed by atoms with Crippen LogP contribution in [0.25, 0.3) is 6.08 Å². The number of amides is 2. The van der Waals surface area contributed by atoms with Gasteiger partial charge in [0.05, 0.1) is 40.2 Å². The average molecular weight is 541 g/mol. The molecular formula is C28H29ClN2O7. The number of nitrogens with zero attached hydrogens (tertiary/aromatic N) is 2. The molecule has 0 aromatic heterocycles. The van der Waals surface area contributed by atoms with E-state index in [0.29, 0.717) is 23.4 Å². The van der Waals surface area contributed by atoms with E-state index in [1.54, 1.807) is 13.0 Å². The fourth-order valence-electron chi connectivity index (χ4n) is 5.61. The second kappa shape index (κ2) is 11.1. The van der Waals surface area contributed by atoms with E-state index in [2.05, 4.69) is 0 Å². The maximum atomic E-state index is 13.5. The Morgan fingerprint density at radius 3 is 2.63 bits per heavy atom. The highest BCUT2D eigenvalue weighted by Gasteiger charge is 2.55. The highest BCUT2D eigenvalue weighted by molar-refractivity contribution is 6.32. The third-order valence-electron chi connectivity index (χ3n) is 7.38. The van der Waals surface area contributed by atoms with Crippen LogP contribution in [0.4, 0.5) is 11.4 Å². The molecular weight excluding hydrogens is 512 g/mol. The molecule has 9 nitrogen and oxygen atoms in total. The molecule has 4 rings (SSSR count). The van der Waals surface area contributed by atoms with E-state index in [9.17, 15) is 35.0 Å². The lowest BCUT2D eigenvalue weighted by atomic mass is 9.68. The number of hydrogen-bond acceptors (Lipinski definition) is 7. The first-order valence-electron chi connectivity index (χ1n) is 12.3. The maximum Gasteiger partial charge on any atom is 0.271 e. The summed E-state index contributed by atoms with van der Waals surface area (Å²) in [5, 5.41) is 42.6. The molecule has 1 heterocycles. The van der Waals surface area contributed by atoms with E-state index in [1.807, 2.05) is 13.0 Å². The van der Waals surface area contributed by atoms with Gasteiger partial charge in [0.2, 0.25) is 11.8 Å². The number of halogens is 1. The minimum atomic E-state index is -0.943. The van der Waals surface area contributed by atoms with Crippen molar-refractivity contribution in [1.82, 2.24) is 0 Å². The number of non-ortho nitro benzene ring substituents is 1. The minimum absolute atomic E-state index is 0.0669. The third kappa shape index (κ3) is 5.22. The number of rotatable bonds is 8. The van der Waals surface area contributed by atoms with E-state index in [4.69, 9.17) is 11.6 Å². The predicted octanol–water partition coefficient (Wildman–Crippen LogP) is 4.63. The first kappa shape index (κ1) is 27.5.